The lowest BCUT2D eigenvalue weighted by atomic mass is 9.80. The first-order valence-electron chi connectivity index (χ1n) is 5.72. The van der Waals surface area contributed by atoms with Crippen molar-refractivity contribution in [3.8, 4) is 11.5 Å². The van der Waals surface area contributed by atoms with E-state index in [1.807, 2.05) is 0 Å². The molecule has 0 bridgehead atoms. The van der Waals surface area contributed by atoms with Crippen molar-refractivity contribution in [1.29, 1.82) is 0 Å². The van der Waals surface area contributed by atoms with Crippen LogP contribution in [0.3, 0.4) is 0 Å². The van der Waals surface area contributed by atoms with Crippen molar-refractivity contribution in [3.63, 3.8) is 0 Å². The minimum atomic E-state index is -1.56. The van der Waals surface area contributed by atoms with Gasteiger partial charge in [0, 0.05) is 5.56 Å². The van der Waals surface area contributed by atoms with Gasteiger partial charge in [0.1, 0.15) is 5.82 Å². The molecule has 1 aliphatic rings. The van der Waals surface area contributed by atoms with Gasteiger partial charge in [0.2, 0.25) is 0 Å². The number of fused-ring (bicyclic) bond motifs is 1. The summed E-state index contributed by atoms with van der Waals surface area (Å²) >= 11 is 0. The zero-order valence-electron chi connectivity index (χ0n) is 9.79. The van der Waals surface area contributed by atoms with Crippen molar-refractivity contribution < 1.29 is 23.9 Å². The molecular formula is C13H10BFO4. The third-order valence-corrected chi connectivity index (χ3v) is 2.88. The molecule has 0 aromatic heterocycles. The van der Waals surface area contributed by atoms with E-state index in [2.05, 4.69) is 0 Å². The van der Waals surface area contributed by atoms with Crippen LogP contribution < -0.4 is 14.9 Å². The zero-order chi connectivity index (χ0) is 13.4. The van der Waals surface area contributed by atoms with E-state index in [9.17, 15) is 4.39 Å². The summed E-state index contributed by atoms with van der Waals surface area (Å²) in [6.07, 6.45) is -0.651. The molecule has 1 atom stereocenters. The number of ether oxygens (including phenoxy) is 2. The summed E-state index contributed by atoms with van der Waals surface area (Å²) < 4.78 is 24.0. The molecule has 0 amide bonds. The second-order valence-electron chi connectivity index (χ2n) is 4.20. The van der Waals surface area contributed by atoms with Crippen molar-refractivity contribution >= 4 is 12.6 Å². The number of hydrogen-bond donors (Lipinski definition) is 2. The van der Waals surface area contributed by atoms with Gasteiger partial charge in [0.25, 0.3) is 6.29 Å². The number of halogens is 1. The minimum Gasteiger partial charge on any atom is -0.447 e. The molecule has 0 saturated heterocycles. The van der Waals surface area contributed by atoms with E-state index in [4.69, 9.17) is 19.5 Å². The van der Waals surface area contributed by atoms with Crippen LogP contribution in [0.15, 0.2) is 42.5 Å². The van der Waals surface area contributed by atoms with Crippen molar-refractivity contribution in [2.45, 2.75) is 6.29 Å². The van der Waals surface area contributed by atoms with Crippen LogP contribution in [-0.4, -0.2) is 17.2 Å². The Morgan fingerprint density at radius 3 is 2.32 bits per heavy atom. The van der Waals surface area contributed by atoms with Crippen molar-refractivity contribution in [1.82, 2.24) is 0 Å². The van der Waals surface area contributed by atoms with E-state index in [0.717, 1.165) is 0 Å². The molecule has 6 heteroatoms. The van der Waals surface area contributed by atoms with Crippen molar-refractivity contribution in [2.24, 2.45) is 0 Å². The molecule has 2 aromatic rings. The SMILES string of the molecule is OB(O)c1ccc2c(c1)OC(c1ccc(F)cc1)O2. The Hall–Kier alpha value is -2.05. The molecule has 1 aliphatic heterocycles. The Morgan fingerprint density at radius 1 is 0.947 bits per heavy atom. The topological polar surface area (TPSA) is 58.9 Å². The quantitative estimate of drug-likeness (QED) is 0.790. The van der Waals surface area contributed by atoms with E-state index in [1.165, 1.54) is 18.2 Å². The fourth-order valence-electron chi connectivity index (χ4n) is 1.89. The standard InChI is InChI=1S/C13H10BFO4/c15-10-4-1-8(2-5-10)13-18-11-6-3-9(14(16)17)7-12(11)19-13/h1-7,13,16-17H. The second kappa shape index (κ2) is 4.57. The van der Waals surface area contributed by atoms with Crippen molar-refractivity contribution in [3.05, 3.63) is 53.8 Å². The summed E-state index contributed by atoms with van der Waals surface area (Å²) in [7, 11) is -1.56. The Morgan fingerprint density at radius 2 is 1.63 bits per heavy atom. The van der Waals surface area contributed by atoms with Gasteiger partial charge in [-0.25, -0.2) is 4.39 Å². The maximum absolute atomic E-state index is 12.8. The van der Waals surface area contributed by atoms with Gasteiger partial charge < -0.3 is 19.5 Å². The molecule has 19 heavy (non-hydrogen) atoms. The predicted octanol–water partition coefficient (Wildman–Crippen LogP) is 0.975. The van der Waals surface area contributed by atoms with Crippen molar-refractivity contribution in [2.75, 3.05) is 0 Å². The molecule has 0 spiro atoms. The third kappa shape index (κ3) is 2.28. The van der Waals surface area contributed by atoms with Gasteiger partial charge in [-0.2, -0.15) is 0 Å². The first-order chi connectivity index (χ1) is 9.13. The van der Waals surface area contributed by atoms with Gasteiger partial charge in [0.15, 0.2) is 11.5 Å². The molecule has 1 heterocycles. The van der Waals surface area contributed by atoms with E-state index < -0.39 is 13.4 Å². The lowest BCUT2D eigenvalue weighted by molar-refractivity contribution is 0.0487. The molecule has 2 aromatic carbocycles. The smallest absolute Gasteiger partial charge is 0.447 e. The molecule has 0 aliphatic carbocycles. The van der Waals surface area contributed by atoms with E-state index in [0.29, 0.717) is 22.5 Å². The Balaban J connectivity index is 1.85. The molecule has 3 rings (SSSR count). The summed E-state index contributed by atoms with van der Waals surface area (Å²) in [5, 5.41) is 18.2. The van der Waals surface area contributed by atoms with Gasteiger partial charge >= 0.3 is 7.12 Å². The van der Waals surface area contributed by atoms with E-state index in [-0.39, 0.29) is 5.82 Å². The molecule has 4 nitrogen and oxygen atoms in total. The van der Waals surface area contributed by atoms with Crippen LogP contribution in [0.4, 0.5) is 4.39 Å². The van der Waals surface area contributed by atoms with Gasteiger partial charge in [-0.1, -0.05) is 6.07 Å². The molecule has 0 saturated carbocycles. The monoisotopic (exact) mass is 260 g/mol. The summed E-state index contributed by atoms with van der Waals surface area (Å²) in [6, 6.07) is 10.5. The fourth-order valence-corrected chi connectivity index (χ4v) is 1.89. The van der Waals surface area contributed by atoms with Crippen LogP contribution in [0.25, 0.3) is 0 Å². The summed E-state index contributed by atoms with van der Waals surface area (Å²) in [5.41, 5.74) is 1.01. The molecule has 1 unspecified atom stereocenters. The van der Waals surface area contributed by atoms with Crippen LogP contribution >= 0.6 is 0 Å². The molecular weight excluding hydrogens is 250 g/mol. The lowest BCUT2D eigenvalue weighted by Crippen LogP contribution is -2.29. The van der Waals surface area contributed by atoms with Gasteiger partial charge in [-0.05, 0) is 41.9 Å². The second-order valence-corrected chi connectivity index (χ2v) is 4.20. The first kappa shape index (κ1) is 12.0. The van der Waals surface area contributed by atoms with Crippen LogP contribution in [0.2, 0.25) is 0 Å². The average Bonchev–Trinajstić information content (AvgIpc) is 2.82. The largest absolute Gasteiger partial charge is 0.488 e. The molecule has 96 valence electrons. The zero-order valence-corrected chi connectivity index (χ0v) is 9.79. The Bertz CT molecular complexity index is 600. The van der Waals surface area contributed by atoms with Gasteiger partial charge in [-0.3, -0.25) is 0 Å². The number of benzene rings is 2. The van der Waals surface area contributed by atoms with Gasteiger partial charge in [0.05, 0.1) is 0 Å². The van der Waals surface area contributed by atoms with Gasteiger partial charge in [-0.15, -0.1) is 0 Å². The highest BCUT2D eigenvalue weighted by molar-refractivity contribution is 6.58. The Kier molecular flexibility index (Phi) is 2.89. The summed E-state index contributed by atoms with van der Waals surface area (Å²) in [5.74, 6) is 0.614. The third-order valence-electron chi connectivity index (χ3n) is 2.88. The van der Waals surface area contributed by atoms with Crippen LogP contribution in [0, 0.1) is 5.82 Å². The van der Waals surface area contributed by atoms with Crippen LogP contribution in [-0.2, 0) is 0 Å². The van der Waals surface area contributed by atoms with E-state index >= 15 is 0 Å². The molecule has 0 radical (unpaired) electrons. The first-order valence-corrected chi connectivity index (χ1v) is 5.72. The van der Waals surface area contributed by atoms with Crippen LogP contribution in [0.5, 0.6) is 11.5 Å². The van der Waals surface area contributed by atoms with E-state index in [1.54, 1.807) is 24.3 Å². The molecule has 0 fully saturated rings. The fraction of sp³-hybridized carbons (Fsp3) is 0.0769. The minimum absolute atomic E-state index is 0.321. The highest BCUT2D eigenvalue weighted by Crippen LogP contribution is 2.39. The highest BCUT2D eigenvalue weighted by Gasteiger charge is 2.27. The summed E-state index contributed by atoms with van der Waals surface area (Å²) in [6.45, 7) is 0. The maximum Gasteiger partial charge on any atom is 0.488 e. The highest BCUT2D eigenvalue weighted by atomic mass is 19.1. The van der Waals surface area contributed by atoms with Crippen LogP contribution in [0.1, 0.15) is 11.9 Å². The Labute approximate surface area is 109 Å². The molecule has 2 N–H and O–H groups in total. The number of rotatable bonds is 2. The predicted molar refractivity (Wildman–Crippen MR) is 66.7 cm³/mol. The summed E-state index contributed by atoms with van der Waals surface area (Å²) in [4.78, 5) is 0. The normalized spacial score (nSPS) is 16.5. The average molecular weight is 260 g/mol. The number of hydrogen-bond acceptors (Lipinski definition) is 4. The maximum atomic E-state index is 12.8. The lowest BCUT2D eigenvalue weighted by Gasteiger charge is -2.09.